The summed E-state index contributed by atoms with van der Waals surface area (Å²) in [6.45, 7) is 0. The number of aromatic amines is 1. The zero-order valence-corrected chi connectivity index (χ0v) is 11.6. The largest absolute Gasteiger partial charge is 0.297 e. The van der Waals surface area contributed by atoms with E-state index in [-0.39, 0.29) is 0 Å². The molecule has 1 aromatic heterocycles. The van der Waals surface area contributed by atoms with Crippen molar-refractivity contribution in [2.75, 3.05) is 11.5 Å². The molecular formula is C13H15N3S2. The normalized spacial score (nSPS) is 16.9. The molecule has 0 aliphatic carbocycles. The second kappa shape index (κ2) is 5.28. The predicted octanol–water partition coefficient (Wildman–Crippen LogP) is 3.68. The van der Waals surface area contributed by atoms with Gasteiger partial charge in [-0.05, 0) is 36.6 Å². The van der Waals surface area contributed by atoms with Gasteiger partial charge in [-0.2, -0.15) is 16.9 Å². The van der Waals surface area contributed by atoms with E-state index >= 15 is 0 Å². The molecule has 2 heterocycles. The first-order chi connectivity index (χ1) is 8.86. The van der Waals surface area contributed by atoms with Gasteiger partial charge < -0.3 is 0 Å². The number of rotatable bonds is 2. The van der Waals surface area contributed by atoms with Crippen molar-refractivity contribution in [2.45, 2.75) is 18.9 Å². The third-order valence-corrected chi connectivity index (χ3v) is 4.63. The van der Waals surface area contributed by atoms with Crippen molar-refractivity contribution in [3.8, 4) is 11.4 Å². The van der Waals surface area contributed by atoms with Crippen LogP contribution in [0.15, 0.2) is 30.3 Å². The van der Waals surface area contributed by atoms with Crippen molar-refractivity contribution in [1.29, 1.82) is 0 Å². The van der Waals surface area contributed by atoms with Crippen LogP contribution in [0.4, 0.5) is 0 Å². The summed E-state index contributed by atoms with van der Waals surface area (Å²) in [5.41, 5.74) is 1.13. The lowest BCUT2D eigenvalue weighted by Crippen LogP contribution is -2.16. The molecule has 3 nitrogen and oxygen atoms in total. The maximum atomic E-state index is 5.39. The number of thioether (sulfide) groups is 1. The van der Waals surface area contributed by atoms with Gasteiger partial charge in [0.25, 0.3) is 0 Å². The van der Waals surface area contributed by atoms with Crippen LogP contribution in [0, 0.1) is 4.77 Å². The fourth-order valence-corrected chi connectivity index (χ4v) is 3.74. The molecule has 5 heteroatoms. The highest BCUT2D eigenvalue weighted by atomic mass is 32.2. The van der Waals surface area contributed by atoms with Crippen LogP contribution in [-0.4, -0.2) is 26.3 Å². The average Bonchev–Trinajstić information content (AvgIpc) is 2.83. The van der Waals surface area contributed by atoms with Crippen LogP contribution < -0.4 is 0 Å². The first kappa shape index (κ1) is 12.0. The van der Waals surface area contributed by atoms with E-state index in [1.165, 1.54) is 24.3 Å². The standard InChI is InChI=1S/C13H15N3S2/c17-13-15-14-12(10-4-2-1-3-5-10)16(13)11-6-8-18-9-7-11/h1-5,11H,6-9H2,(H,15,17). The Balaban J connectivity index is 2.03. The van der Waals surface area contributed by atoms with Crippen molar-refractivity contribution in [3.63, 3.8) is 0 Å². The SMILES string of the molecule is S=c1[nH]nc(-c2ccccc2)n1C1CCSCC1. The highest BCUT2D eigenvalue weighted by molar-refractivity contribution is 7.99. The van der Waals surface area contributed by atoms with E-state index < -0.39 is 0 Å². The molecule has 0 bridgehead atoms. The van der Waals surface area contributed by atoms with Crippen LogP contribution in [0.1, 0.15) is 18.9 Å². The Bertz CT molecular complexity index is 567. The van der Waals surface area contributed by atoms with Gasteiger partial charge in [-0.25, -0.2) is 0 Å². The molecule has 1 fully saturated rings. The number of hydrogen-bond acceptors (Lipinski definition) is 3. The third-order valence-electron chi connectivity index (χ3n) is 3.29. The van der Waals surface area contributed by atoms with Crippen LogP contribution in [0.5, 0.6) is 0 Å². The van der Waals surface area contributed by atoms with Gasteiger partial charge in [-0.3, -0.25) is 9.67 Å². The quantitative estimate of drug-likeness (QED) is 0.850. The van der Waals surface area contributed by atoms with Gasteiger partial charge in [0, 0.05) is 11.6 Å². The number of nitrogens with one attached hydrogen (secondary N) is 1. The van der Waals surface area contributed by atoms with E-state index in [1.54, 1.807) is 0 Å². The summed E-state index contributed by atoms with van der Waals surface area (Å²) < 4.78 is 2.94. The van der Waals surface area contributed by atoms with E-state index in [9.17, 15) is 0 Å². The number of aromatic nitrogens is 3. The van der Waals surface area contributed by atoms with Crippen LogP contribution in [0.2, 0.25) is 0 Å². The lowest BCUT2D eigenvalue weighted by Gasteiger charge is -2.23. The monoisotopic (exact) mass is 277 g/mol. The summed E-state index contributed by atoms with van der Waals surface area (Å²) in [5, 5.41) is 7.34. The summed E-state index contributed by atoms with van der Waals surface area (Å²) in [7, 11) is 0. The Labute approximate surface area is 116 Å². The lowest BCUT2D eigenvalue weighted by molar-refractivity contribution is 0.468. The highest BCUT2D eigenvalue weighted by Gasteiger charge is 2.20. The molecular weight excluding hydrogens is 262 g/mol. The van der Waals surface area contributed by atoms with Gasteiger partial charge >= 0.3 is 0 Å². The minimum atomic E-state index is 0.493. The van der Waals surface area contributed by atoms with E-state index in [4.69, 9.17) is 12.2 Å². The molecule has 18 heavy (non-hydrogen) atoms. The molecule has 1 aliphatic rings. The Morgan fingerprint density at radius 3 is 2.67 bits per heavy atom. The fraction of sp³-hybridized carbons (Fsp3) is 0.385. The highest BCUT2D eigenvalue weighted by Crippen LogP contribution is 2.30. The molecule has 0 spiro atoms. The predicted molar refractivity (Wildman–Crippen MR) is 78.4 cm³/mol. The zero-order valence-electron chi connectivity index (χ0n) is 10.0. The van der Waals surface area contributed by atoms with Crippen LogP contribution in [0.3, 0.4) is 0 Å². The van der Waals surface area contributed by atoms with Gasteiger partial charge in [0.2, 0.25) is 0 Å². The summed E-state index contributed by atoms with van der Waals surface area (Å²) in [4.78, 5) is 0. The molecule has 0 unspecified atom stereocenters. The molecule has 1 N–H and O–H groups in total. The molecule has 0 atom stereocenters. The zero-order chi connectivity index (χ0) is 12.4. The van der Waals surface area contributed by atoms with Crippen LogP contribution in [-0.2, 0) is 0 Å². The number of nitrogens with zero attached hydrogens (tertiary/aromatic N) is 2. The van der Waals surface area contributed by atoms with Gasteiger partial charge in [0.05, 0.1) is 0 Å². The molecule has 1 saturated heterocycles. The summed E-state index contributed by atoms with van der Waals surface area (Å²) in [6.07, 6.45) is 2.36. The molecule has 0 amide bonds. The molecule has 1 aliphatic heterocycles. The topological polar surface area (TPSA) is 33.6 Å². The molecule has 0 saturated carbocycles. The van der Waals surface area contributed by atoms with Crippen molar-refractivity contribution in [1.82, 2.24) is 14.8 Å². The summed E-state index contributed by atoms with van der Waals surface area (Å²) >= 11 is 7.42. The number of hydrogen-bond donors (Lipinski definition) is 1. The fourth-order valence-electron chi connectivity index (χ4n) is 2.38. The van der Waals surface area contributed by atoms with E-state index in [2.05, 4.69) is 26.9 Å². The maximum absolute atomic E-state index is 5.39. The van der Waals surface area contributed by atoms with Crippen LogP contribution in [0.25, 0.3) is 11.4 Å². The average molecular weight is 277 g/mol. The van der Waals surface area contributed by atoms with Gasteiger partial charge in [-0.15, -0.1) is 0 Å². The van der Waals surface area contributed by atoms with Crippen molar-refractivity contribution < 1.29 is 0 Å². The Kier molecular flexibility index (Phi) is 3.52. The van der Waals surface area contributed by atoms with Crippen LogP contribution >= 0.6 is 24.0 Å². The minimum Gasteiger partial charge on any atom is -0.297 e. The van der Waals surface area contributed by atoms with E-state index in [1.807, 2.05) is 30.0 Å². The Morgan fingerprint density at radius 1 is 1.22 bits per heavy atom. The maximum Gasteiger partial charge on any atom is 0.195 e. The first-order valence-electron chi connectivity index (χ1n) is 6.16. The van der Waals surface area contributed by atoms with Crippen molar-refractivity contribution in [3.05, 3.63) is 35.1 Å². The van der Waals surface area contributed by atoms with E-state index in [0.29, 0.717) is 6.04 Å². The first-order valence-corrected chi connectivity index (χ1v) is 7.72. The lowest BCUT2D eigenvalue weighted by atomic mass is 10.1. The third kappa shape index (κ3) is 2.24. The Hall–Kier alpha value is -1.07. The summed E-state index contributed by atoms with van der Waals surface area (Å²) in [5.74, 6) is 3.40. The Morgan fingerprint density at radius 2 is 1.94 bits per heavy atom. The summed E-state index contributed by atoms with van der Waals surface area (Å²) in [6, 6.07) is 10.7. The van der Waals surface area contributed by atoms with Crippen molar-refractivity contribution >= 4 is 24.0 Å². The van der Waals surface area contributed by atoms with Crippen molar-refractivity contribution in [2.24, 2.45) is 0 Å². The molecule has 94 valence electrons. The molecule has 1 aromatic carbocycles. The number of benzene rings is 1. The number of H-pyrrole nitrogens is 1. The second-order valence-corrected chi connectivity index (χ2v) is 6.04. The van der Waals surface area contributed by atoms with Gasteiger partial charge in [0.15, 0.2) is 10.6 Å². The smallest absolute Gasteiger partial charge is 0.195 e. The second-order valence-electron chi connectivity index (χ2n) is 4.43. The van der Waals surface area contributed by atoms with Gasteiger partial charge in [0.1, 0.15) is 0 Å². The minimum absolute atomic E-state index is 0.493. The molecule has 0 radical (unpaired) electrons. The van der Waals surface area contributed by atoms with E-state index in [0.717, 1.165) is 16.2 Å². The molecule has 2 aromatic rings. The van der Waals surface area contributed by atoms with Gasteiger partial charge in [-0.1, -0.05) is 30.3 Å². The molecule has 3 rings (SSSR count).